The molecule has 0 amide bonds. The van der Waals surface area contributed by atoms with E-state index in [4.69, 9.17) is 0 Å². The van der Waals surface area contributed by atoms with Gasteiger partial charge in [-0.15, -0.1) is 0 Å². The number of benzene rings is 1. The molecular weight excluding hydrogens is 254 g/mol. The molecule has 0 fully saturated rings. The molecule has 2 unspecified atom stereocenters. The van der Waals surface area contributed by atoms with Gasteiger partial charge in [0.15, 0.2) is 0 Å². The first-order valence-electron chi connectivity index (χ1n) is 8.48. The number of aryl methyl sites for hydroxylation is 2. The predicted octanol–water partition coefficient (Wildman–Crippen LogP) is 5.17. The highest BCUT2D eigenvalue weighted by atomic mass is 14.9. The highest BCUT2D eigenvalue weighted by Crippen LogP contribution is 2.28. The monoisotopic (exact) mass is 289 g/mol. The first kappa shape index (κ1) is 18.2. The van der Waals surface area contributed by atoms with Crippen LogP contribution in [0, 0.1) is 19.8 Å². The highest BCUT2D eigenvalue weighted by Gasteiger charge is 2.20. The van der Waals surface area contributed by atoms with E-state index in [1.165, 1.54) is 35.1 Å². The molecule has 1 aromatic carbocycles. The molecule has 0 heterocycles. The van der Waals surface area contributed by atoms with Crippen molar-refractivity contribution in [3.8, 4) is 0 Å². The van der Waals surface area contributed by atoms with Gasteiger partial charge < -0.3 is 5.32 Å². The maximum atomic E-state index is 3.53. The molecule has 0 spiro atoms. The molecule has 1 aromatic rings. The van der Waals surface area contributed by atoms with E-state index in [2.05, 4.69) is 73.0 Å². The second-order valence-corrected chi connectivity index (χ2v) is 7.70. The lowest BCUT2D eigenvalue weighted by atomic mass is 9.82. The maximum Gasteiger partial charge on any atom is 0.0130 e. The van der Waals surface area contributed by atoms with E-state index in [0.29, 0.717) is 6.04 Å². The molecule has 21 heavy (non-hydrogen) atoms. The van der Waals surface area contributed by atoms with Crippen LogP contribution in [-0.4, -0.2) is 13.1 Å². The highest BCUT2D eigenvalue weighted by molar-refractivity contribution is 5.41. The first-order valence-corrected chi connectivity index (χ1v) is 8.48. The summed E-state index contributed by atoms with van der Waals surface area (Å²) in [5.41, 5.74) is 6.10. The van der Waals surface area contributed by atoms with Crippen LogP contribution in [0.2, 0.25) is 0 Å². The first-order chi connectivity index (χ1) is 9.70. The van der Waals surface area contributed by atoms with Crippen LogP contribution in [0.3, 0.4) is 0 Å². The van der Waals surface area contributed by atoms with Crippen molar-refractivity contribution in [2.24, 2.45) is 5.92 Å². The van der Waals surface area contributed by atoms with E-state index >= 15 is 0 Å². The minimum atomic E-state index is 0.228. The summed E-state index contributed by atoms with van der Waals surface area (Å²) in [5, 5.41) is 3.53. The average Bonchev–Trinajstić information content (AvgIpc) is 2.37. The topological polar surface area (TPSA) is 12.0 Å². The van der Waals surface area contributed by atoms with Gasteiger partial charge in [-0.3, -0.25) is 0 Å². The second-order valence-electron chi connectivity index (χ2n) is 7.70. The third kappa shape index (κ3) is 4.85. The molecule has 1 N–H and O–H groups in total. The van der Waals surface area contributed by atoms with Gasteiger partial charge in [0.1, 0.15) is 0 Å². The quantitative estimate of drug-likeness (QED) is 0.762. The Kier molecular flexibility index (Phi) is 6.46. The van der Waals surface area contributed by atoms with Crippen LogP contribution in [0.25, 0.3) is 0 Å². The van der Waals surface area contributed by atoms with Crippen LogP contribution < -0.4 is 5.32 Å². The standard InChI is InChI=1S/C20H35N/c1-9-10-14(2)19(21-8)13-18-15(3)11-17(12-16(18)4)20(5,6)7/h11-12,14,19,21H,9-10,13H2,1-8H3. The number of nitrogens with one attached hydrogen (secondary N) is 1. The normalized spacial score (nSPS) is 15.0. The number of hydrogen-bond donors (Lipinski definition) is 1. The Morgan fingerprint density at radius 1 is 1.10 bits per heavy atom. The van der Waals surface area contributed by atoms with Crippen molar-refractivity contribution >= 4 is 0 Å². The summed E-state index contributed by atoms with van der Waals surface area (Å²) in [5.74, 6) is 0.723. The Hall–Kier alpha value is -0.820. The molecule has 0 aromatic heterocycles. The van der Waals surface area contributed by atoms with Crippen LogP contribution in [-0.2, 0) is 11.8 Å². The van der Waals surface area contributed by atoms with Crippen molar-refractivity contribution in [3.63, 3.8) is 0 Å². The molecule has 1 nitrogen and oxygen atoms in total. The summed E-state index contributed by atoms with van der Waals surface area (Å²) in [6, 6.07) is 5.35. The fourth-order valence-electron chi connectivity index (χ4n) is 3.21. The molecule has 0 radical (unpaired) electrons. The summed E-state index contributed by atoms with van der Waals surface area (Å²) in [6.45, 7) is 16.1. The van der Waals surface area contributed by atoms with E-state index in [9.17, 15) is 0 Å². The molecule has 0 saturated heterocycles. The van der Waals surface area contributed by atoms with Gasteiger partial charge in [0.2, 0.25) is 0 Å². The zero-order valence-corrected chi connectivity index (χ0v) is 15.4. The second kappa shape index (κ2) is 7.45. The third-order valence-corrected chi connectivity index (χ3v) is 4.79. The largest absolute Gasteiger partial charge is 0.316 e. The van der Waals surface area contributed by atoms with Gasteiger partial charge in [0, 0.05) is 6.04 Å². The molecule has 120 valence electrons. The molecule has 0 saturated carbocycles. The SMILES string of the molecule is CCCC(C)C(Cc1c(C)cc(C(C)(C)C)cc1C)NC. The maximum absolute atomic E-state index is 3.53. The molecular formula is C20H35N. The minimum absolute atomic E-state index is 0.228. The fourth-order valence-corrected chi connectivity index (χ4v) is 3.21. The zero-order valence-electron chi connectivity index (χ0n) is 15.4. The number of rotatable bonds is 6. The minimum Gasteiger partial charge on any atom is -0.316 e. The van der Waals surface area contributed by atoms with E-state index < -0.39 is 0 Å². The summed E-state index contributed by atoms with van der Waals surface area (Å²) >= 11 is 0. The van der Waals surface area contributed by atoms with Crippen LogP contribution in [0.1, 0.15) is 69.7 Å². The van der Waals surface area contributed by atoms with E-state index in [1.807, 2.05) is 0 Å². The van der Waals surface area contributed by atoms with Crippen molar-refractivity contribution in [1.29, 1.82) is 0 Å². The van der Waals surface area contributed by atoms with E-state index in [1.54, 1.807) is 0 Å². The van der Waals surface area contributed by atoms with Gasteiger partial charge >= 0.3 is 0 Å². The molecule has 0 aliphatic rings. The molecule has 1 rings (SSSR count). The lowest BCUT2D eigenvalue weighted by Gasteiger charge is -2.27. The smallest absolute Gasteiger partial charge is 0.0130 e. The predicted molar refractivity (Wildman–Crippen MR) is 95.2 cm³/mol. The Bertz CT molecular complexity index is 430. The fraction of sp³-hybridized carbons (Fsp3) is 0.700. The Labute approximate surface area is 132 Å². The molecule has 2 atom stereocenters. The Morgan fingerprint density at radius 2 is 1.62 bits per heavy atom. The number of likely N-dealkylation sites (N-methyl/N-ethyl adjacent to an activating group) is 1. The van der Waals surface area contributed by atoms with Gasteiger partial charge in [-0.25, -0.2) is 0 Å². The lowest BCUT2D eigenvalue weighted by molar-refractivity contribution is 0.371. The van der Waals surface area contributed by atoms with E-state index in [0.717, 1.165) is 12.3 Å². The van der Waals surface area contributed by atoms with Crippen molar-refractivity contribution in [3.05, 3.63) is 34.4 Å². The Morgan fingerprint density at radius 3 is 2.00 bits per heavy atom. The summed E-state index contributed by atoms with van der Waals surface area (Å²) in [6.07, 6.45) is 3.70. The van der Waals surface area contributed by atoms with Gasteiger partial charge in [-0.05, 0) is 67.3 Å². The number of hydrogen-bond acceptors (Lipinski definition) is 1. The van der Waals surface area contributed by atoms with Gasteiger partial charge in [0.05, 0.1) is 0 Å². The van der Waals surface area contributed by atoms with Crippen LogP contribution >= 0.6 is 0 Å². The third-order valence-electron chi connectivity index (χ3n) is 4.79. The molecule has 0 aliphatic heterocycles. The van der Waals surface area contributed by atoms with Crippen molar-refractivity contribution in [2.75, 3.05) is 7.05 Å². The summed E-state index contributed by atoms with van der Waals surface area (Å²) in [7, 11) is 2.10. The molecule has 0 aliphatic carbocycles. The van der Waals surface area contributed by atoms with Crippen LogP contribution in [0.5, 0.6) is 0 Å². The van der Waals surface area contributed by atoms with Crippen molar-refractivity contribution in [2.45, 2.75) is 79.2 Å². The van der Waals surface area contributed by atoms with Crippen LogP contribution in [0.4, 0.5) is 0 Å². The van der Waals surface area contributed by atoms with Crippen molar-refractivity contribution in [1.82, 2.24) is 5.32 Å². The summed E-state index contributed by atoms with van der Waals surface area (Å²) < 4.78 is 0. The van der Waals surface area contributed by atoms with Gasteiger partial charge in [-0.2, -0.15) is 0 Å². The van der Waals surface area contributed by atoms with Gasteiger partial charge in [-0.1, -0.05) is 53.2 Å². The average molecular weight is 290 g/mol. The zero-order chi connectivity index (χ0) is 16.2. The Balaban J connectivity index is 3.03. The molecule has 0 bridgehead atoms. The molecule has 1 heteroatoms. The lowest BCUT2D eigenvalue weighted by Crippen LogP contribution is -2.34. The van der Waals surface area contributed by atoms with Crippen LogP contribution in [0.15, 0.2) is 12.1 Å². The van der Waals surface area contributed by atoms with Crippen molar-refractivity contribution < 1.29 is 0 Å². The van der Waals surface area contributed by atoms with Gasteiger partial charge in [0.25, 0.3) is 0 Å². The van der Waals surface area contributed by atoms with E-state index in [-0.39, 0.29) is 5.41 Å². The summed E-state index contributed by atoms with van der Waals surface area (Å²) in [4.78, 5) is 0.